The fourth-order valence-electron chi connectivity index (χ4n) is 2.41. The summed E-state index contributed by atoms with van der Waals surface area (Å²) in [4.78, 5) is 16.9. The van der Waals surface area contributed by atoms with Crippen molar-refractivity contribution in [1.29, 1.82) is 0 Å². The normalized spacial score (nSPS) is 10.3. The van der Waals surface area contributed by atoms with Gasteiger partial charge in [0, 0.05) is 17.3 Å². The molecule has 1 amide bonds. The molecule has 0 fully saturated rings. The van der Waals surface area contributed by atoms with Gasteiger partial charge in [-0.3, -0.25) is 4.79 Å². The molecule has 0 spiro atoms. The van der Waals surface area contributed by atoms with Gasteiger partial charge in [0.1, 0.15) is 16.7 Å². The van der Waals surface area contributed by atoms with Crippen LogP contribution in [0.5, 0.6) is 5.75 Å². The van der Waals surface area contributed by atoms with Gasteiger partial charge in [0.25, 0.3) is 5.91 Å². The lowest BCUT2D eigenvalue weighted by atomic mass is 10.2. The first-order valence-corrected chi connectivity index (χ1v) is 8.91. The van der Waals surface area contributed by atoms with Crippen molar-refractivity contribution < 1.29 is 9.53 Å². The molecule has 0 radical (unpaired) electrons. The van der Waals surface area contributed by atoms with Crippen molar-refractivity contribution in [2.75, 3.05) is 17.7 Å². The number of hydrogen-bond donors (Lipinski definition) is 2. The molecule has 0 unspecified atom stereocenters. The third kappa shape index (κ3) is 5.12. The maximum Gasteiger partial charge on any atom is 0.259 e. The standard InChI is InChI=1S/C20H17Cl2N3O2/c1-27-16-8-2-13(3-9-16)12-23-19-17(10-11-18(22)25-19)20(26)24-15-6-4-14(21)5-7-15/h2-11H,12H2,1H3,(H,23,25)(H,24,26). The number of methoxy groups -OCH3 is 1. The minimum absolute atomic E-state index is 0.293. The molecule has 3 rings (SSSR count). The average Bonchev–Trinajstić information content (AvgIpc) is 2.68. The highest BCUT2D eigenvalue weighted by Gasteiger charge is 2.14. The second-order valence-electron chi connectivity index (χ2n) is 5.69. The summed E-state index contributed by atoms with van der Waals surface area (Å²) in [6, 6.07) is 17.7. The van der Waals surface area contributed by atoms with E-state index in [1.165, 1.54) is 0 Å². The van der Waals surface area contributed by atoms with E-state index in [-0.39, 0.29) is 5.91 Å². The monoisotopic (exact) mass is 401 g/mol. The maximum atomic E-state index is 12.6. The van der Waals surface area contributed by atoms with Crippen LogP contribution < -0.4 is 15.4 Å². The summed E-state index contributed by atoms with van der Waals surface area (Å²) in [6.07, 6.45) is 0. The van der Waals surface area contributed by atoms with E-state index < -0.39 is 0 Å². The number of amides is 1. The molecule has 138 valence electrons. The van der Waals surface area contributed by atoms with E-state index >= 15 is 0 Å². The van der Waals surface area contributed by atoms with Crippen molar-refractivity contribution in [3.63, 3.8) is 0 Å². The van der Waals surface area contributed by atoms with E-state index in [0.29, 0.717) is 33.8 Å². The number of aromatic nitrogens is 1. The molecule has 7 heteroatoms. The smallest absolute Gasteiger partial charge is 0.259 e. The molecule has 0 saturated heterocycles. The van der Waals surface area contributed by atoms with Gasteiger partial charge < -0.3 is 15.4 Å². The largest absolute Gasteiger partial charge is 0.497 e. The molecule has 1 aromatic heterocycles. The molecule has 0 bridgehead atoms. The van der Waals surface area contributed by atoms with Crippen LogP contribution in [-0.4, -0.2) is 18.0 Å². The van der Waals surface area contributed by atoms with Crippen LogP contribution in [0, 0.1) is 0 Å². The van der Waals surface area contributed by atoms with Crippen LogP contribution in [0.2, 0.25) is 10.2 Å². The number of anilines is 2. The van der Waals surface area contributed by atoms with Gasteiger partial charge >= 0.3 is 0 Å². The first-order chi connectivity index (χ1) is 13.0. The topological polar surface area (TPSA) is 63.2 Å². The molecule has 0 aliphatic heterocycles. The van der Waals surface area contributed by atoms with Crippen molar-refractivity contribution in [2.24, 2.45) is 0 Å². The molecule has 5 nitrogen and oxygen atoms in total. The van der Waals surface area contributed by atoms with Gasteiger partial charge in [0.15, 0.2) is 0 Å². The van der Waals surface area contributed by atoms with E-state index in [0.717, 1.165) is 11.3 Å². The van der Waals surface area contributed by atoms with E-state index in [9.17, 15) is 4.79 Å². The van der Waals surface area contributed by atoms with Crippen molar-refractivity contribution in [1.82, 2.24) is 4.98 Å². The Labute approximate surface area is 167 Å². The number of rotatable bonds is 6. The van der Waals surface area contributed by atoms with E-state index in [1.54, 1.807) is 43.5 Å². The van der Waals surface area contributed by atoms with Gasteiger partial charge in [-0.15, -0.1) is 0 Å². The maximum absolute atomic E-state index is 12.6. The lowest BCUT2D eigenvalue weighted by molar-refractivity contribution is 0.102. The zero-order valence-electron chi connectivity index (χ0n) is 14.5. The summed E-state index contributed by atoms with van der Waals surface area (Å²) >= 11 is 11.9. The Morgan fingerprint density at radius 1 is 1.00 bits per heavy atom. The molecule has 1 heterocycles. The average molecular weight is 402 g/mol. The van der Waals surface area contributed by atoms with Gasteiger partial charge in [-0.1, -0.05) is 35.3 Å². The molecule has 3 aromatic rings. The number of ether oxygens (including phenoxy) is 1. The van der Waals surface area contributed by atoms with Gasteiger partial charge in [0.05, 0.1) is 12.7 Å². The van der Waals surface area contributed by atoms with E-state index in [2.05, 4.69) is 15.6 Å². The van der Waals surface area contributed by atoms with Crippen LogP contribution in [0.1, 0.15) is 15.9 Å². The van der Waals surface area contributed by atoms with Crippen LogP contribution in [0.15, 0.2) is 60.7 Å². The third-order valence-corrected chi connectivity index (χ3v) is 4.29. The molecule has 2 N–H and O–H groups in total. The third-order valence-electron chi connectivity index (χ3n) is 3.83. The lowest BCUT2D eigenvalue weighted by Gasteiger charge is -2.12. The number of nitrogens with one attached hydrogen (secondary N) is 2. The Kier molecular flexibility index (Phi) is 6.16. The summed E-state index contributed by atoms with van der Waals surface area (Å²) in [5.74, 6) is 0.895. The molecule has 27 heavy (non-hydrogen) atoms. The minimum atomic E-state index is -0.293. The van der Waals surface area contributed by atoms with Crippen molar-refractivity contribution in [3.05, 3.63) is 82.0 Å². The van der Waals surface area contributed by atoms with Crippen molar-refractivity contribution >= 4 is 40.6 Å². The Hall–Kier alpha value is -2.76. The first-order valence-electron chi connectivity index (χ1n) is 8.15. The number of halogens is 2. The molecule has 0 atom stereocenters. The predicted octanol–water partition coefficient (Wildman–Crippen LogP) is 5.26. The summed E-state index contributed by atoms with van der Waals surface area (Å²) in [7, 11) is 1.62. The fraction of sp³-hybridized carbons (Fsp3) is 0.100. The van der Waals surface area contributed by atoms with Gasteiger partial charge in [-0.2, -0.15) is 0 Å². The summed E-state index contributed by atoms with van der Waals surface area (Å²) in [5, 5.41) is 6.89. The fourth-order valence-corrected chi connectivity index (χ4v) is 2.69. The highest BCUT2D eigenvalue weighted by molar-refractivity contribution is 6.30. The SMILES string of the molecule is COc1ccc(CNc2nc(Cl)ccc2C(=O)Nc2ccc(Cl)cc2)cc1. The van der Waals surface area contributed by atoms with Crippen LogP contribution in [0.25, 0.3) is 0 Å². The Bertz CT molecular complexity index is 929. The Morgan fingerprint density at radius 2 is 1.70 bits per heavy atom. The number of nitrogens with zero attached hydrogens (tertiary/aromatic N) is 1. The summed E-state index contributed by atoms with van der Waals surface area (Å²) in [5.41, 5.74) is 2.05. The molecule has 0 saturated carbocycles. The number of pyridine rings is 1. The highest BCUT2D eigenvalue weighted by atomic mass is 35.5. The molecule has 0 aliphatic rings. The van der Waals surface area contributed by atoms with Crippen LogP contribution in [0.3, 0.4) is 0 Å². The van der Waals surface area contributed by atoms with Crippen molar-refractivity contribution in [2.45, 2.75) is 6.54 Å². The first kappa shape index (κ1) is 19.0. The van der Waals surface area contributed by atoms with Gasteiger partial charge in [-0.05, 0) is 54.1 Å². The Morgan fingerprint density at radius 3 is 2.37 bits per heavy atom. The van der Waals surface area contributed by atoms with Gasteiger partial charge in [0.2, 0.25) is 0 Å². The minimum Gasteiger partial charge on any atom is -0.497 e. The van der Waals surface area contributed by atoms with Crippen LogP contribution in [0.4, 0.5) is 11.5 Å². The number of benzene rings is 2. The second kappa shape index (κ2) is 8.75. The Balaban J connectivity index is 1.75. The molecule has 0 aliphatic carbocycles. The second-order valence-corrected chi connectivity index (χ2v) is 6.52. The predicted molar refractivity (Wildman–Crippen MR) is 109 cm³/mol. The number of carbonyl (C=O) groups excluding carboxylic acids is 1. The summed E-state index contributed by atoms with van der Waals surface area (Å²) in [6.45, 7) is 0.485. The van der Waals surface area contributed by atoms with E-state index in [4.69, 9.17) is 27.9 Å². The molecular formula is C20H17Cl2N3O2. The lowest BCUT2D eigenvalue weighted by Crippen LogP contribution is -2.16. The number of carbonyl (C=O) groups is 1. The summed E-state index contributed by atoms with van der Waals surface area (Å²) < 4.78 is 5.15. The van der Waals surface area contributed by atoms with Crippen LogP contribution in [-0.2, 0) is 6.54 Å². The molecule has 2 aromatic carbocycles. The highest BCUT2D eigenvalue weighted by Crippen LogP contribution is 2.21. The zero-order chi connectivity index (χ0) is 19.2. The molecular weight excluding hydrogens is 385 g/mol. The van der Waals surface area contributed by atoms with E-state index in [1.807, 2.05) is 24.3 Å². The van der Waals surface area contributed by atoms with Crippen molar-refractivity contribution in [3.8, 4) is 5.75 Å². The van der Waals surface area contributed by atoms with Gasteiger partial charge in [-0.25, -0.2) is 4.98 Å². The zero-order valence-corrected chi connectivity index (χ0v) is 16.0. The quantitative estimate of drug-likeness (QED) is 0.552. The number of hydrogen-bond acceptors (Lipinski definition) is 4. The van der Waals surface area contributed by atoms with Crippen LogP contribution >= 0.6 is 23.2 Å².